The number of thioether (sulfide) groups is 1. The molecule has 1 aromatic carbocycles. The van der Waals surface area contributed by atoms with E-state index in [1.54, 1.807) is 26.0 Å². The molecule has 0 bridgehead atoms. The standard InChI is InChI=1S/C29H35N3O7S3/c1-4-37-14-13-32-20-12-11-18(27(35)38-5-2)15-22(20)42-29(32)31-24(34)17-40-16-23(33)30-26-25(28(36)39-6-3)19-9-7-8-10-21(19)41-26/h11-12,15H,4-10,13-14,16-17H2,1-3H3,(H,30,33). The summed E-state index contributed by atoms with van der Waals surface area (Å²) in [7, 11) is 0. The summed E-state index contributed by atoms with van der Waals surface area (Å²) in [4.78, 5) is 56.4. The zero-order chi connectivity index (χ0) is 30.1. The molecule has 0 spiro atoms. The first kappa shape index (κ1) is 31.9. The Morgan fingerprint density at radius 1 is 0.976 bits per heavy atom. The van der Waals surface area contributed by atoms with Gasteiger partial charge in [0.15, 0.2) is 4.80 Å². The highest BCUT2D eigenvalue weighted by molar-refractivity contribution is 8.00. The average molecular weight is 634 g/mol. The highest BCUT2D eigenvalue weighted by atomic mass is 32.2. The van der Waals surface area contributed by atoms with Gasteiger partial charge in [-0.2, -0.15) is 4.99 Å². The van der Waals surface area contributed by atoms with E-state index in [2.05, 4.69) is 10.3 Å². The summed E-state index contributed by atoms with van der Waals surface area (Å²) >= 11 is 3.89. The van der Waals surface area contributed by atoms with Gasteiger partial charge in [0.25, 0.3) is 5.91 Å². The van der Waals surface area contributed by atoms with Crippen molar-refractivity contribution in [2.24, 2.45) is 4.99 Å². The van der Waals surface area contributed by atoms with E-state index in [0.29, 0.717) is 40.7 Å². The predicted molar refractivity (Wildman–Crippen MR) is 166 cm³/mol. The summed E-state index contributed by atoms with van der Waals surface area (Å²) in [5, 5.41) is 3.39. The lowest BCUT2D eigenvalue weighted by atomic mass is 9.95. The number of nitrogens with zero attached hydrogens (tertiary/aromatic N) is 2. The maximum absolute atomic E-state index is 12.8. The summed E-state index contributed by atoms with van der Waals surface area (Å²) in [6.45, 7) is 7.46. The molecule has 226 valence electrons. The number of carbonyl (C=O) groups excluding carboxylic acids is 4. The van der Waals surface area contributed by atoms with E-state index in [1.807, 2.05) is 17.6 Å². The lowest BCUT2D eigenvalue weighted by Gasteiger charge is -2.12. The smallest absolute Gasteiger partial charge is 0.341 e. The van der Waals surface area contributed by atoms with Gasteiger partial charge in [-0.15, -0.1) is 23.1 Å². The minimum absolute atomic E-state index is 0.00682. The topological polar surface area (TPSA) is 125 Å². The number of ether oxygens (including phenoxy) is 3. The van der Waals surface area contributed by atoms with Gasteiger partial charge in [0, 0.05) is 18.0 Å². The van der Waals surface area contributed by atoms with Crippen LogP contribution in [-0.2, 0) is 43.2 Å². The summed E-state index contributed by atoms with van der Waals surface area (Å²) in [6, 6.07) is 5.26. The zero-order valence-corrected chi connectivity index (χ0v) is 26.4. The van der Waals surface area contributed by atoms with E-state index < -0.39 is 11.9 Å². The molecule has 0 saturated carbocycles. The second-order valence-electron chi connectivity index (χ2n) is 9.32. The average Bonchev–Trinajstić information content (AvgIpc) is 3.50. The molecule has 0 unspecified atom stereocenters. The number of carbonyl (C=O) groups is 4. The van der Waals surface area contributed by atoms with Gasteiger partial charge in [-0.05, 0) is 70.2 Å². The molecule has 1 aliphatic rings. The van der Waals surface area contributed by atoms with Gasteiger partial charge in [-0.25, -0.2) is 9.59 Å². The molecule has 2 aromatic heterocycles. The molecular weight excluding hydrogens is 599 g/mol. The van der Waals surface area contributed by atoms with E-state index in [9.17, 15) is 19.2 Å². The number of amides is 2. The summed E-state index contributed by atoms with van der Waals surface area (Å²) in [6.07, 6.45) is 3.75. The number of anilines is 1. The molecule has 0 fully saturated rings. The minimum Gasteiger partial charge on any atom is -0.462 e. The number of nitrogens with one attached hydrogen (secondary N) is 1. The number of hydrogen-bond donors (Lipinski definition) is 1. The maximum atomic E-state index is 12.8. The number of thiazole rings is 1. The van der Waals surface area contributed by atoms with Gasteiger partial charge in [0.1, 0.15) is 5.00 Å². The SMILES string of the molecule is CCOCCn1c(=NC(=O)CSCC(=O)Nc2sc3c(c2C(=O)OCC)CCCC3)sc2cc(C(=O)OCC)ccc21. The van der Waals surface area contributed by atoms with Crippen molar-refractivity contribution in [3.8, 4) is 0 Å². The monoisotopic (exact) mass is 633 g/mol. The van der Waals surface area contributed by atoms with E-state index in [0.717, 1.165) is 58.1 Å². The Kier molecular flexibility index (Phi) is 11.8. The van der Waals surface area contributed by atoms with Gasteiger partial charge in [0.05, 0.1) is 52.7 Å². The summed E-state index contributed by atoms with van der Waals surface area (Å²) < 4.78 is 18.6. The molecule has 2 heterocycles. The Morgan fingerprint density at radius 2 is 1.74 bits per heavy atom. The number of rotatable bonds is 13. The van der Waals surface area contributed by atoms with Crippen LogP contribution in [0.2, 0.25) is 0 Å². The van der Waals surface area contributed by atoms with Crippen molar-refractivity contribution in [2.75, 3.05) is 43.3 Å². The van der Waals surface area contributed by atoms with Crippen LogP contribution < -0.4 is 10.1 Å². The normalized spacial score (nSPS) is 13.2. The number of hydrogen-bond acceptors (Lipinski definition) is 10. The first-order valence-electron chi connectivity index (χ1n) is 14.0. The highest BCUT2D eigenvalue weighted by Gasteiger charge is 2.27. The van der Waals surface area contributed by atoms with Gasteiger partial charge in [-0.1, -0.05) is 11.3 Å². The van der Waals surface area contributed by atoms with Crippen molar-refractivity contribution in [3.63, 3.8) is 0 Å². The van der Waals surface area contributed by atoms with Crippen LogP contribution in [0.15, 0.2) is 23.2 Å². The molecule has 1 N–H and O–H groups in total. The molecule has 4 rings (SSSR count). The molecule has 10 nitrogen and oxygen atoms in total. The molecule has 0 saturated heterocycles. The van der Waals surface area contributed by atoms with Crippen molar-refractivity contribution in [1.29, 1.82) is 0 Å². The van der Waals surface area contributed by atoms with E-state index in [1.165, 1.54) is 22.7 Å². The maximum Gasteiger partial charge on any atom is 0.341 e. The van der Waals surface area contributed by atoms with Crippen LogP contribution in [0, 0.1) is 0 Å². The van der Waals surface area contributed by atoms with Gasteiger partial charge in [-0.3, -0.25) is 9.59 Å². The first-order chi connectivity index (χ1) is 20.4. The Morgan fingerprint density at radius 3 is 2.50 bits per heavy atom. The van der Waals surface area contributed by atoms with Crippen molar-refractivity contribution >= 4 is 73.4 Å². The van der Waals surface area contributed by atoms with Crippen LogP contribution in [-0.4, -0.2) is 66.3 Å². The van der Waals surface area contributed by atoms with Crippen LogP contribution in [0.4, 0.5) is 5.00 Å². The predicted octanol–water partition coefficient (Wildman–Crippen LogP) is 4.83. The molecule has 0 atom stereocenters. The Bertz CT molecular complexity index is 1520. The van der Waals surface area contributed by atoms with Crippen molar-refractivity contribution in [1.82, 2.24) is 4.57 Å². The van der Waals surface area contributed by atoms with Crippen LogP contribution in [0.1, 0.15) is 64.8 Å². The third-order valence-corrected chi connectivity index (χ3v) is 9.61. The largest absolute Gasteiger partial charge is 0.462 e. The third kappa shape index (κ3) is 7.88. The van der Waals surface area contributed by atoms with Crippen LogP contribution in [0.25, 0.3) is 10.2 Å². The Balaban J connectivity index is 1.44. The second-order valence-corrected chi connectivity index (χ2v) is 12.4. The Hall–Kier alpha value is -3.00. The van der Waals surface area contributed by atoms with E-state index in [-0.39, 0.29) is 36.5 Å². The molecule has 3 aromatic rings. The number of aromatic nitrogens is 1. The van der Waals surface area contributed by atoms with Crippen LogP contribution in [0.5, 0.6) is 0 Å². The number of benzene rings is 1. The molecule has 0 radical (unpaired) electrons. The fraction of sp³-hybridized carbons (Fsp3) is 0.483. The fourth-order valence-corrected chi connectivity index (χ4v) is 7.63. The van der Waals surface area contributed by atoms with Crippen LogP contribution >= 0.6 is 34.4 Å². The molecule has 0 aliphatic heterocycles. The second kappa shape index (κ2) is 15.5. The zero-order valence-electron chi connectivity index (χ0n) is 24.0. The number of thiophene rings is 1. The summed E-state index contributed by atoms with van der Waals surface area (Å²) in [5.74, 6) is -1.45. The van der Waals surface area contributed by atoms with Gasteiger partial charge < -0.3 is 24.1 Å². The molecular formula is C29H35N3O7S3. The number of aryl methyl sites for hydroxylation is 1. The minimum atomic E-state index is -0.413. The van der Waals surface area contributed by atoms with E-state index >= 15 is 0 Å². The lowest BCUT2D eigenvalue weighted by Crippen LogP contribution is -2.21. The van der Waals surface area contributed by atoms with Crippen LogP contribution in [0.3, 0.4) is 0 Å². The van der Waals surface area contributed by atoms with Crippen molar-refractivity contribution in [2.45, 2.75) is 53.0 Å². The quantitative estimate of drug-likeness (QED) is 0.210. The Labute approximate surface area is 256 Å². The van der Waals surface area contributed by atoms with Crippen molar-refractivity contribution < 1.29 is 33.4 Å². The molecule has 1 aliphatic carbocycles. The van der Waals surface area contributed by atoms with Crippen molar-refractivity contribution in [3.05, 3.63) is 44.6 Å². The van der Waals surface area contributed by atoms with E-state index in [4.69, 9.17) is 14.2 Å². The summed E-state index contributed by atoms with van der Waals surface area (Å²) in [5.41, 5.74) is 2.72. The molecule has 2 amide bonds. The lowest BCUT2D eigenvalue weighted by molar-refractivity contribution is -0.115. The number of esters is 2. The number of fused-ring (bicyclic) bond motifs is 2. The molecule has 42 heavy (non-hydrogen) atoms. The third-order valence-electron chi connectivity index (χ3n) is 6.44. The van der Waals surface area contributed by atoms with Gasteiger partial charge in [0.2, 0.25) is 5.91 Å². The van der Waals surface area contributed by atoms with Gasteiger partial charge >= 0.3 is 11.9 Å². The first-order valence-corrected chi connectivity index (χ1v) is 16.8. The highest BCUT2D eigenvalue weighted by Crippen LogP contribution is 2.38. The molecule has 13 heteroatoms. The fourth-order valence-electron chi connectivity index (χ4n) is 4.62.